The number of aromatic nitrogens is 1. The van der Waals surface area contributed by atoms with Crippen LogP contribution < -0.4 is 0 Å². The molecule has 1 aromatic heterocycles. The largest absolute Gasteiger partial charge is 0.295 e. The lowest BCUT2D eigenvalue weighted by molar-refractivity contribution is -0.480. The van der Waals surface area contributed by atoms with Crippen LogP contribution in [0.5, 0.6) is 0 Å². The lowest BCUT2D eigenvalue weighted by atomic mass is 10.2. The molecule has 0 aliphatic carbocycles. The SMILES string of the molecule is O=C(C=Cc1cccnc1)CCC[N+](=O)[O-]. The second kappa shape index (κ2) is 6.44. The van der Waals surface area contributed by atoms with Crippen molar-refractivity contribution < 1.29 is 9.72 Å². The maximum Gasteiger partial charge on any atom is 0.204 e. The Morgan fingerprint density at radius 2 is 2.38 bits per heavy atom. The van der Waals surface area contributed by atoms with E-state index < -0.39 is 4.92 Å². The van der Waals surface area contributed by atoms with Crippen LogP contribution >= 0.6 is 0 Å². The summed E-state index contributed by atoms with van der Waals surface area (Å²) in [7, 11) is 0. The highest BCUT2D eigenvalue weighted by atomic mass is 16.6. The van der Waals surface area contributed by atoms with Crippen LogP contribution in [-0.2, 0) is 4.79 Å². The molecular formula is C11H12N2O3. The van der Waals surface area contributed by atoms with Crippen molar-refractivity contribution in [2.75, 3.05) is 6.54 Å². The number of rotatable bonds is 6. The quantitative estimate of drug-likeness (QED) is 0.415. The van der Waals surface area contributed by atoms with Gasteiger partial charge in [0.15, 0.2) is 5.78 Å². The van der Waals surface area contributed by atoms with Gasteiger partial charge in [-0.2, -0.15) is 0 Å². The Labute approximate surface area is 93.0 Å². The first kappa shape index (κ1) is 12.0. The molecule has 1 rings (SSSR count). The van der Waals surface area contributed by atoms with E-state index in [-0.39, 0.29) is 25.2 Å². The summed E-state index contributed by atoms with van der Waals surface area (Å²) in [5.41, 5.74) is 0.838. The first-order valence-electron chi connectivity index (χ1n) is 4.91. The number of hydrogen-bond donors (Lipinski definition) is 0. The summed E-state index contributed by atoms with van der Waals surface area (Å²) in [5, 5.41) is 10.0. The Morgan fingerprint density at radius 1 is 1.56 bits per heavy atom. The normalized spacial score (nSPS) is 10.5. The predicted octanol–water partition coefficient (Wildman–Crippen LogP) is 1.72. The molecule has 0 aliphatic rings. The number of carbonyl (C=O) groups excluding carboxylic acids is 1. The van der Waals surface area contributed by atoms with Crippen molar-refractivity contribution in [3.8, 4) is 0 Å². The minimum Gasteiger partial charge on any atom is -0.295 e. The average Bonchev–Trinajstić information content (AvgIpc) is 2.27. The van der Waals surface area contributed by atoms with Crippen molar-refractivity contribution >= 4 is 11.9 Å². The molecule has 16 heavy (non-hydrogen) atoms. The maximum absolute atomic E-state index is 11.3. The molecule has 0 N–H and O–H groups in total. The smallest absolute Gasteiger partial charge is 0.204 e. The van der Waals surface area contributed by atoms with Crippen LogP contribution in [-0.4, -0.2) is 22.2 Å². The van der Waals surface area contributed by atoms with Crippen molar-refractivity contribution in [2.24, 2.45) is 0 Å². The molecular weight excluding hydrogens is 208 g/mol. The highest BCUT2D eigenvalue weighted by Crippen LogP contribution is 2.00. The monoisotopic (exact) mass is 220 g/mol. The Bertz CT molecular complexity index is 387. The molecule has 84 valence electrons. The number of nitro groups is 1. The van der Waals surface area contributed by atoms with Gasteiger partial charge in [0.05, 0.1) is 0 Å². The minimum absolute atomic E-state index is 0.106. The zero-order chi connectivity index (χ0) is 11.8. The van der Waals surface area contributed by atoms with Gasteiger partial charge in [0.1, 0.15) is 0 Å². The number of carbonyl (C=O) groups is 1. The zero-order valence-corrected chi connectivity index (χ0v) is 8.70. The van der Waals surface area contributed by atoms with E-state index in [1.54, 1.807) is 24.5 Å². The maximum atomic E-state index is 11.3. The van der Waals surface area contributed by atoms with E-state index in [1.165, 1.54) is 6.08 Å². The molecule has 0 spiro atoms. The predicted molar refractivity (Wildman–Crippen MR) is 59.4 cm³/mol. The van der Waals surface area contributed by atoms with Gasteiger partial charge in [-0.05, 0) is 23.8 Å². The number of allylic oxidation sites excluding steroid dienone is 1. The lowest BCUT2D eigenvalue weighted by Gasteiger charge is -1.92. The Balaban J connectivity index is 2.34. The summed E-state index contributed by atoms with van der Waals surface area (Å²) in [4.78, 5) is 24.8. The molecule has 0 saturated heterocycles. The molecule has 0 saturated carbocycles. The van der Waals surface area contributed by atoms with Gasteiger partial charge < -0.3 is 0 Å². The van der Waals surface area contributed by atoms with Crippen molar-refractivity contribution in [1.29, 1.82) is 0 Å². The van der Waals surface area contributed by atoms with Gasteiger partial charge in [-0.1, -0.05) is 6.07 Å². The molecule has 0 amide bonds. The highest BCUT2D eigenvalue weighted by Gasteiger charge is 2.01. The molecule has 1 heterocycles. The molecule has 5 nitrogen and oxygen atoms in total. The number of ketones is 1. The van der Waals surface area contributed by atoms with Gasteiger partial charge in [0.25, 0.3) is 0 Å². The number of hydrogen-bond acceptors (Lipinski definition) is 4. The van der Waals surface area contributed by atoms with Crippen molar-refractivity contribution in [3.05, 3.63) is 46.3 Å². The summed E-state index contributed by atoms with van der Waals surface area (Å²) >= 11 is 0. The van der Waals surface area contributed by atoms with Crippen LogP contribution in [0.2, 0.25) is 0 Å². The fourth-order valence-electron chi connectivity index (χ4n) is 1.13. The highest BCUT2D eigenvalue weighted by molar-refractivity contribution is 5.93. The molecule has 0 unspecified atom stereocenters. The van der Waals surface area contributed by atoms with Crippen LogP contribution in [0.1, 0.15) is 18.4 Å². The summed E-state index contributed by atoms with van der Waals surface area (Å²) < 4.78 is 0. The fourth-order valence-corrected chi connectivity index (χ4v) is 1.13. The number of pyridine rings is 1. The van der Waals surface area contributed by atoms with Gasteiger partial charge in [-0.15, -0.1) is 0 Å². The summed E-state index contributed by atoms with van der Waals surface area (Å²) in [5.74, 6) is -0.106. The molecule has 0 aromatic carbocycles. The van der Waals surface area contributed by atoms with E-state index >= 15 is 0 Å². The van der Waals surface area contributed by atoms with Crippen LogP contribution in [0.25, 0.3) is 6.08 Å². The Kier molecular flexibility index (Phi) is 4.85. The molecule has 0 atom stereocenters. The minimum atomic E-state index is -0.419. The molecule has 0 aliphatic heterocycles. The van der Waals surface area contributed by atoms with Gasteiger partial charge in [-0.3, -0.25) is 19.9 Å². The van der Waals surface area contributed by atoms with E-state index in [0.717, 1.165) is 5.56 Å². The van der Waals surface area contributed by atoms with Crippen molar-refractivity contribution in [1.82, 2.24) is 4.98 Å². The van der Waals surface area contributed by atoms with E-state index in [4.69, 9.17) is 0 Å². The first-order chi connectivity index (χ1) is 7.68. The summed E-state index contributed by atoms with van der Waals surface area (Å²) in [6.45, 7) is -0.160. The van der Waals surface area contributed by atoms with Gasteiger partial charge in [-0.25, -0.2) is 0 Å². The third kappa shape index (κ3) is 4.99. The van der Waals surface area contributed by atoms with Gasteiger partial charge >= 0.3 is 0 Å². The van der Waals surface area contributed by atoms with Crippen LogP contribution in [0, 0.1) is 10.1 Å². The van der Waals surface area contributed by atoms with Crippen LogP contribution in [0.4, 0.5) is 0 Å². The summed E-state index contributed by atoms with van der Waals surface area (Å²) in [6.07, 6.45) is 6.86. The first-order valence-corrected chi connectivity index (χ1v) is 4.91. The van der Waals surface area contributed by atoms with E-state index in [1.807, 2.05) is 6.07 Å². The standard InChI is InChI=1S/C11H12N2O3/c14-11(4-2-8-13(15)16)6-5-10-3-1-7-12-9-10/h1,3,5-7,9H,2,4,8H2. The molecule has 0 bridgehead atoms. The van der Waals surface area contributed by atoms with Crippen molar-refractivity contribution in [3.63, 3.8) is 0 Å². The zero-order valence-electron chi connectivity index (χ0n) is 8.70. The summed E-state index contributed by atoms with van der Waals surface area (Å²) in [6, 6.07) is 3.60. The molecule has 1 aromatic rings. The fraction of sp³-hybridized carbons (Fsp3) is 0.273. The van der Waals surface area contributed by atoms with E-state index in [0.29, 0.717) is 0 Å². The second-order valence-electron chi connectivity index (χ2n) is 3.25. The molecule has 0 radical (unpaired) electrons. The Morgan fingerprint density at radius 3 is 3.00 bits per heavy atom. The van der Waals surface area contributed by atoms with Crippen LogP contribution in [0.3, 0.4) is 0 Å². The molecule has 5 heteroatoms. The van der Waals surface area contributed by atoms with Gasteiger partial charge in [0, 0.05) is 30.2 Å². The number of nitrogens with zero attached hydrogens (tertiary/aromatic N) is 2. The third-order valence-electron chi connectivity index (χ3n) is 1.91. The van der Waals surface area contributed by atoms with Crippen LogP contribution in [0.15, 0.2) is 30.6 Å². The van der Waals surface area contributed by atoms with Crippen molar-refractivity contribution in [2.45, 2.75) is 12.8 Å². The molecule has 0 fully saturated rings. The van der Waals surface area contributed by atoms with Gasteiger partial charge in [0.2, 0.25) is 6.54 Å². The third-order valence-corrected chi connectivity index (χ3v) is 1.91. The van der Waals surface area contributed by atoms with E-state index in [9.17, 15) is 14.9 Å². The Hall–Kier alpha value is -2.04. The average molecular weight is 220 g/mol. The van der Waals surface area contributed by atoms with E-state index in [2.05, 4.69) is 4.98 Å². The topological polar surface area (TPSA) is 73.1 Å². The second-order valence-corrected chi connectivity index (χ2v) is 3.25. The lowest BCUT2D eigenvalue weighted by Crippen LogP contribution is -2.03.